The molecule has 0 unspecified atom stereocenters. The van der Waals surface area contributed by atoms with Crippen molar-refractivity contribution in [3.8, 4) is 0 Å². The average molecular weight is 375 g/mol. The molecule has 0 bridgehead atoms. The lowest BCUT2D eigenvalue weighted by Crippen LogP contribution is -2.24. The second-order valence-electron chi connectivity index (χ2n) is 5.77. The van der Waals surface area contributed by atoms with Crippen LogP contribution in [-0.4, -0.2) is 26.5 Å². The van der Waals surface area contributed by atoms with E-state index in [2.05, 4.69) is 4.99 Å². The van der Waals surface area contributed by atoms with Crippen LogP contribution in [0, 0.1) is 0 Å². The summed E-state index contributed by atoms with van der Waals surface area (Å²) in [6, 6.07) is 2.02. The topological polar surface area (TPSA) is 116 Å². The van der Waals surface area contributed by atoms with E-state index in [1.54, 1.807) is 0 Å². The minimum Gasteiger partial charge on any atom is -0.370 e. The number of carbonyl (C=O) groups excluding carboxylic acids is 1. The Kier molecular flexibility index (Phi) is 7.47. The van der Waals surface area contributed by atoms with Crippen LogP contribution >= 0.6 is 0 Å². The first-order valence-electron chi connectivity index (χ1n) is 7.86. The van der Waals surface area contributed by atoms with Crippen LogP contribution in [0.2, 0.25) is 0 Å². The lowest BCUT2D eigenvalue weighted by atomic mass is 9.99. The molecule has 140 valence electrons. The summed E-state index contributed by atoms with van der Waals surface area (Å²) in [4.78, 5) is 15.1. The molecule has 0 heterocycles. The highest BCUT2D eigenvalue weighted by atomic mass is 32.2. The normalized spacial score (nSPS) is 11.6. The number of hydrogen-bond donors (Lipinski definition) is 2. The molecule has 1 rings (SSSR count). The summed E-state index contributed by atoms with van der Waals surface area (Å²) >= 11 is 0. The Morgan fingerprint density at radius 3 is 2.32 bits per heavy atom. The molecule has 6 nitrogen and oxygen atoms in total. The van der Waals surface area contributed by atoms with Crippen LogP contribution in [0.5, 0.6) is 0 Å². The Hall–Kier alpha value is -2.03. The number of halogens is 2. The predicted octanol–water partition coefficient (Wildman–Crippen LogP) is 2.56. The minimum atomic E-state index is -3.71. The van der Waals surface area contributed by atoms with Crippen molar-refractivity contribution >= 4 is 21.7 Å². The van der Waals surface area contributed by atoms with Gasteiger partial charge in [0.1, 0.15) is 0 Å². The quantitative estimate of drug-likeness (QED) is 0.411. The maximum atomic E-state index is 13.4. The van der Waals surface area contributed by atoms with Crippen molar-refractivity contribution in [3.63, 3.8) is 0 Å². The van der Waals surface area contributed by atoms with Gasteiger partial charge in [-0.1, -0.05) is 26.2 Å². The van der Waals surface area contributed by atoms with Crippen LogP contribution in [0.15, 0.2) is 22.0 Å². The van der Waals surface area contributed by atoms with Crippen molar-refractivity contribution in [2.45, 2.75) is 50.3 Å². The van der Waals surface area contributed by atoms with Gasteiger partial charge in [-0.25, -0.2) is 17.2 Å². The lowest BCUT2D eigenvalue weighted by molar-refractivity contribution is 0.0988. The van der Waals surface area contributed by atoms with E-state index in [1.807, 2.05) is 6.92 Å². The molecule has 0 fully saturated rings. The smallest absolute Gasteiger partial charge is 0.280 e. The number of aliphatic imine (C=N–C) groups is 1. The zero-order valence-electron chi connectivity index (χ0n) is 14.3. The Balaban J connectivity index is 3.45. The van der Waals surface area contributed by atoms with Gasteiger partial charge in [0.2, 0.25) is 0 Å². The van der Waals surface area contributed by atoms with Crippen LogP contribution in [-0.2, 0) is 16.3 Å². The van der Waals surface area contributed by atoms with Gasteiger partial charge in [0.15, 0.2) is 15.8 Å². The zero-order valence-corrected chi connectivity index (χ0v) is 15.1. The molecule has 1 amide bonds. The number of benzene rings is 1. The highest BCUT2D eigenvalue weighted by molar-refractivity contribution is 7.90. The number of amides is 1. The number of nitrogens with two attached hydrogens (primary N) is 2. The summed E-state index contributed by atoms with van der Waals surface area (Å²) in [5, 5.41) is 0. The molecule has 0 aliphatic carbocycles. The Bertz CT molecular complexity index is 758. The molecule has 0 saturated heterocycles. The molecule has 0 spiro atoms. The lowest BCUT2D eigenvalue weighted by Gasteiger charge is -2.14. The predicted molar refractivity (Wildman–Crippen MR) is 92.5 cm³/mol. The fourth-order valence-corrected chi connectivity index (χ4v) is 3.44. The molecular formula is C16H23F2N3O3S. The number of hydrogen-bond acceptors (Lipinski definition) is 3. The summed E-state index contributed by atoms with van der Waals surface area (Å²) in [7, 11) is -3.71. The van der Waals surface area contributed by atoms with E-state index < -0.39 is 39.3 Å². The third-order valence-electron chi connectivity index (χ3n) is 3.63. The van der Waals surface area contributed by atoms with Crippen LogP contribution in [0.25, 0.3) is 0 Å². The Labute approximate surface area is 146 Å². The number of guanidine groups is 1. The van der Waals surface area contributed by atoms with Crippen molar-refractivity contribution in [3.05, 3.63) is 28.8 Å². The Morgan fingerprint density at radius 1 is 1.20 bits per heavy atom. The van der Waals surface area contributed by atoms with Gasteiger partial charge in [-0.2, -0.15) is 4.99 Å². The molecule has 1 aromatic rings. The second-order valence-corrected chi connectivity index (χ2v) is 7.76. The molecule has 1 aromatic carbocycles. The zero-order chi connectivity index (χ0) is 19.2. The van der Waals surface area contributed by atoms with E-state index in [-0.39, 0.29) is 10.5 Å². The van der Waals surface area contributed by atoms with Gasteiger partial charge >= 0.3 is 0 Å². The second kappa shape index (κ2) is 8.89. The van der Waals surface area contributed by atoms with Gasteiger partial charge in [-0.05, 0) is 30.5 Å². The van der Waals surface area contributed by atoms with Gasteiger partial charge in [0.05, 0.1) is 10.5 Å². The van der Waals surface area contributed by atoms with Crippen molar-refractivity contribution in [1.29, 1.82) is 0 Å². The van der Waals surface area contributed by atoms with Crippen LogP contribution in [0.3, 0.4) is 0 Å². The van der Waals surface area contributed by atoms with Crippen LogP contribution < -0.4 is 11.5 Å². The largest absolute Gasteiger partial charge is 0.370 e. The molecule has 0 aliphatic heterocycles. The SMILES string of the molecule is CCCCCCc1cc(C(F)F)c(C(=O)N=C(N)N)cc1S(C)(=O)=O. The van der Waals surface area contributed by atoms with Crippen molar-refractivity contribution < 1.29 is 22.0 Å². The molecule has 0 aliphatic rings. The van der Waals surface area contributed by atoms with Crippen molar-refractivity contribution in [2.75, 3.05) is 6.26 Å². The fourth-order valence-electron chi connectivity index (χ4n) is 2.47. The highest BCUT2D eigenvalue weighted by Gasteiger charge is 2.24. The monoisotopic (exact) mass is 375 g/mol. The number of nitrogens with zero attached hydrogens (tertiary/aromatic N) is 1. The molecular weight excluding hydrogens is 352 g/mol. The third kappa shape index (κ3) is 6.08. The molecule has 0 aromatic heterocycles. The van der Waals surface area contributed by atoms with Crippen molar-refractivity contribution in [1.82, 2.24) is 0 Å². The molecule has 4 N–H and O–H groups in total. The first-order valence-corrected chi connectivity index (χ1v) is 9.76. The van der Waals surface area contributed by atoms with Gasteiger partial charge < -0.3 is 11.5 Å². The Morgan fingerprint density at radius 2 is 1.84 bits per heavy atom. The summed E-state index contributed by atoms with van der Waals surface area (Å²) in [5.74, 6) is -1.69. The summed E-state index contributed by atoms with van der Waals surface area (Å²) in [6.45, 7) is 2.03. The van der Waals surface area contributed by atoms with Crippen LogP contribution in [0.1, 0.15) is 60.5 Å². The molecule has 0 radical (unpaired) electrons. The third-order valence-corrected chi connectivity index (χ3v) is 4.81. The summed E-state index contributed by atoms with van der Waals surface area (Å²) < 4.78 is 50.8. The number of sulfone groups is 1. The maximum absolute atomic E-state index is 13.4. The number of unbranched alkanes of at least 4 members (excludes halogenated alkanes) is 3. The molecule has 9 heteroatoms. The van der Waals surface area contributed by atoms with Gasteiger partial charge in [-0.3, -0.25) is 4.79 Å². The first-order chi connectivity index (χ1) is 11.6. The average Bonchev–Trinajstić information content (AvgIpc) is 2.49. The van der Waals surface area contributed by atoms with Gasteiger partial charge in [-0.15, -0.1) is 0 Å². The van der Waals surface area contributed by atoms with Gasteiger partial charge in [0, 0.05) is 11.8 Å². The number of alkyl halides is 2. The standard InChI is InChI=1S/C16H23F2N3O3S/c1-3-4-5-6-7-10-8-11(14(17)18)12(15(22)21-16(19)20)9-13(10)25(2,23)24/h8-9,14H,3-7H2,1-2H3,(H4,19,20,21,22). The summed E-state index contributed by atoms with van der Waals surface area (Å²) in [5.41, 5.74) is 9.40. The molecule has 0 atom stereocenters. The summed E-state index contributed by atoms with van der Waals surface area (Å²) in [6.07, 6.45) is 1.83. The van der Waals surface area contributed by atoms with Gasteiger partial charge in [0.25, 0.3) is 12.3 Å². The van der Waals surface area contributed by atoms with E-state index >= 15 is 0 Å². The number of aryl methyl sites for hydroxylation is 1. The van der Waals surface area contributed by atoms with E-state index in [9.17, 15) is 22.0 Å². The van der Waals surface area contributed by atoms with E-state index in [4.69, 9.17) is 11.5 Å². The fraction of sp³-hybridized carbons (Fsp3) is 0.500. The highest BCUT2D eigenvalue weighted by Crippen LogP contribution is 2.30. The molecule has 0 saturated carbocycles. The first kappa shape index (κ1) is 21.0. The van der Waals surface area contributed by atoms with E-state index in [0.717, 1.165) is 37.7 Å². The minimum absolute atomic E-state index is 0.150. The van der Waals surface area contributed by atoms with E-state index in [0.29, 0.717) is 12.8 Å². The van der Waals surface area contributed by atoms with Crippen molar-refractivity contribution in [2.24, 2.45) is 16.5 Å². The van der Waals surface area contributed by atoms with E-state index in [1.165, 1.54) is 0 Å². The maximum Gasteiger partial charge on any atom is 0.280 e. The number of carbonyl (C=O) groups is 1. The van der Waals surface area contributed by atoms with Crippen LogP contribution in [0.4, 0.5) is 8.78 Å². The number of rotatable bonds is 8. The molecule has 25 heavy (non-hydrogen) atoms.